The van der Waals surface area contributed by atoms with Gasteiger partial charge in [-0.05, 0) is 22.9 Å². The third kappa shape index (κ3) is 4.96. The summed E-state index contributed by atoms with van der Waals surface area (Å²) >= 11 is 3.10. The fraction of sp³-hybridized carbons (Fsp3) is 0.500. The van der Waals surface area contributed by atoms with Gasteiger partial charge in [-0.25, -0.2) is 9.97 Å². The maximum absolute atomic E-state index is 12.0. The summed E-state index contributed by atoms with van der Waals surface area (Å²) in [6.07, 6.45) is -3.79. The van der Waals surface area contributed by atoms with Gasteiger partial charge in [0, 0.05) is 12.1 Å². The molecule has 1 unspecified atom stereocenters. The zero-order valence-corrected chi connectivity index (χ0v) is 9.43. The van der Waals surface area contributed by atoms with Crippen LogP contribution in [0.1, 0.15) is 13.3 Å². The summed E-state index contributed by atoms with van der Waals surface area (Å²) in [5.41, 5.74) is 0. The Morgan fingerprint density at radius 3 is 2.67 bits per heavy atom. The summed E-state index contributed by atoms with van der Waals surface area (Å²) in [6, 6.07) is 0.805. The summed E-state index contributed by atoms with van der Waals surface area (Å²) in [5, 5.41) is 2.64. The second-order valence-corrected chi connectivity index (χ2v) is 3.90. The lowest BCUT2D eigenvalue weighted by Gasteiger charge is -2.15. The van der Waals surface area contributed by atoms with Crippen LogP contribution in [0.15, 0.2) is 17.0 Å². The Morgan fingerprint density at radius 1 is 1.47 bits per heavy atom. The van der Waals surface area contributed by atoms with Gasteiger partial charge in [0.05, 0.1) is 6.42 Å². The Morgan fingerprint density at radius 2 is 2.13 bits per heavy atom. The molecule has 0 saturated carbocycles. The van der Waals surface area contributed by atoms with Gasteiger partial charge in [-0.3, -0.25) is 0 Å². The van der Waals surface area contributed by atoms with Crippen molar-refractivity contribution in [3.8, 4) is 0 Å². The number of alkyl halides is 3. The highest BCUT2D eigenvalue weighted by Gasteiger charge is 2.29. The fourth-order valence-electron chi connectivity index (χ4n) is 1.06. The van der Waals surface area contributed by atoms with Crippen molar-refractivity contribution >= 4 is 21.7 Å². The van der Waals surface area contributed by atoms with Crippen molar-refractivity contribution in [2.45, 2.75) is 25.6 Å². The van der Waals surface area contributed by atoms with Crippen molar-refractivity contribution in [1.82, 2.24) is 9.97 Å². The van der Waals surface area contributed by atoms with Gasteiger partial charge >= 0.3 is 6.18 Å². The van der Waals surface area contributed by atoms with Gasteiger partial charge in [-0.1, -0.05) is 0 Å². The van der Waals surface area contributed by atoms with Crippen LogP contribution in [0.25, 0.3) is 0 Å². The molecule has 0 aliphatic rings. The molecule has 0 fully saturated rings. The SMILES string of the molecule is CC(CC(F)(F)F)Nc1cc(Br)ncn1. The molecular formula is C8H9BrF3N3. The number of halogens is 4. The molecule has 15 heavy (non-hydrogen) atoms. The third-order valence-electron chi connectivity index (χ3n) is 1.57. The molecule has 3 nitrogen and oxygen atoms in total. The first kappa shape index (κ1) is 12.2. The molecule has 0 spiro atoms. The van der Waals surface area contributed by atoms with Crippen LogP contribution in [0.2, 0.25) is 0 Å². The van der Waals surface area contributed by atoms with E-state index in [1.807, 2.05) is 0 Å². The summed E-state index contributed by atoms with van der Waals surface area (Å²) in [4.78, 5) is 7.56. The largest absolute Gasteiger partial charge is 0.391 e. The van der Waals surface area contributed by atoms with Crippen LogP contribution in [0.4, 0.5) is 19.0 Å². The van der Waals surface area contributed by atoms with Gasteiger partial charge in [0.2, 0.25) is 0 Å². The van der Waals surface area contributed by atoms with Gasteiger partial charge in [-0.2, -0.15) is 13.2 Å². The molecule has 0 aromatic carbocycles. The molecule has 1 aromatic rings. The van der Waals surface area contributed by atoms with Crippen molar-refractivity contribution in [3.63, 3.8) is 0 Å². The highest BCUT2D eigenvalue weighted by atomic mass is 79.9. The average molecular weight is 284 g/mol. The molecular weight excluding hydrogens is 275 g/mol. The van der Waals surface area contributed by atoms with Crippen molar-refractivity contribution in [2.24, 2.45) is 0 Å². The molecule has 1 rings (SSSR count). The number of nitrogens with zero attached hydrogens (tertiary/aromatic N) is 2. The van der Waals surface area contributed by atoms with Gasteiger partial charge < -0.3 is 5.32 Å². The smallest absolute Gasteiger partial charge is 0.367 e. The second kappa shape index (κ2) is 4.78. The minimum atomic E-state index is -4.17. The maximum Gasteiger partial charge on any atom is 0.391 e. The van der Waals surface area contributed by atoms with E-state index in [4.69, 9.17) is 0 Å². The number of anilines is 1. The van der Waals surface area contributed by atoms with Crippen LogP contribution in [0.5, 0.6) is 0 Å². The number of aromatic nitrogens is 2. The Labute approximate surface area is 93.2 Å². The highest BCUT2D eigenvalue weighted by molar-refractivity contribution is 9.10. The fourth-order valence-corrected chi connectivity index (χ4v) is 1.37. The first-order valence-electron chi connectivity index (χ1n) is 4.17. The summed E-state index contributed by atoms with van der Waals surface area (Å²) in [7, 11) is 0. The highest BCUT2D eigenvalue weighted by Crippen LogP contribution is 2.23. The molecule has 0 saturated heterocycles. The zero-order valence-electron chi connectivity index (χ0n) is 7.85. The first-order valence-corrected chi connectivity index (χ1v) is 4.97. The number of hydrogen-bond donors (Lipinski definition) is 1. The Balaban J connectivity index is 2.55. The first-order chi connectivity index (χ1) is 6.87. The van der Waals surface area contributed by atoms with Crippen molar-refractivity contribution in [3.05, 3.63) is 17.0 Å². The topological polar surface area (TPSA) is 37.8 Å². The minimum absolute atomic E-state index is 0.369. The standard InChI is InChI=1S/C8H9BrF3N3/c1-5(3-8(10,11)12)15-7-2-6(9)13-4-14-7/h2,4-5H,3H2,1H3,(H,13,14,15). The molecule has 1 heterocycles. The molecule has 0 bridgehead atoms. The Kier molecular flexibility index (Phi) is 3.90. The maximum atomic E-state index is 12.0. The number of rotatable bonds is 3. The molecule has 0 aliphatic carbocycles. The van der Waals surface area contributed by atoms with E-state index in [1.54, 1.807) is 0 Å². The minimum Gasteiger partial charge on any atom is -0.367 e. The van der Waals surface area contributed by atoms with E-state index in [1.165, 1.54) is 19.3 Å². The molecule has 0 amide bonds. The van der Waals surface area contributed by atoms with Crippen molar-refractivity contribution < 1.29 is 13.2 Å². The van der Waals surface area contributed by atoms with Crippen LogP contribution in [0, 0.1) is 0 Å². The molecule has 0 radical (unpaired) electrons. The summed E-state index contributed by atoms with van der Waals surface area (Å²) < 4.78 is 36.5. The van der Waals surface area contributed by atoms with Gasteiger partial charge in [0.15, 0.2) is 0 Å². The molecule has 1 atom stereocenters. The molecule has 1 N–H and O–H groups in total. The third-order valence-corrected chi connectivity index (χ3v) is 2.00. The van der Waals surface area contributed by atoms with Gasteiger partial charge in [-0.15, -0.1) is 0 Å². The quantitative estimate of drug-likeness (QED) is 0.867. The van der Waals surface area contributed by atoms with Crippen LogP contribution < -0.4 is 5.32 Å². The number of hydrogen-bond acceptors (Lipinski definition) is 3. The molecule has 0 aliphatic heterocycles. The predicted octanol–water partition coefficient (Wildman–Crippen LogP) is 2.99. The van der Waals surface area contributed by atoms with Crippen molar-refractivity contribution in [2.75, 3.05) is 5.32 Å². The van der Waals surface area contributed by atoms with E-state index < -0.39 is 18.6 Å². The van der Waals surface area contributed by atoms with E-state index in [0.717, 1.165) is 0 Å². The van der Waals surface area contributed by atoms with Crippen molar-refractivity contribution in [1.29, 1.82) is 0 Å². The average Bonchev–Trinajstić information content (AvgIpc) is 1.99. The second-order valence-electron chi connectivity index (χ2n) is 3.09. The van der Waals surface area contributed by atoms with E-state index in [9.17, 15) is 13.2 Å². The molecule has 1 aromatic heterocycles. The lowest BCUT2D eigenvalue weighted by atomic mass is 10.2. The van der Waals surface area contributed by atoms with Gasteiger partial charge in [0.25, 0.3) is 0 Å². The zero-order chi connectivity index (χ0) is 11.5. The van der Waals surface area contributed by atoms with E-state index >= 15 is 0 Å². The van der Waals surface area contributed by atoms with E-state index in [-0.39, 0.29) is 0 Å². The van der Waals surface area contributed by atoms with E-state index in [0.29, 0.717) is 10.4 Å². The summed E-state index contributed by atoms with van der Waals surface area (Å²) in [5.74, 6) is 0.369. The molecule has 84 valence electrons. The van der Waals surface area contributed by atoms with E-state index in [2.05, 4.69) is 31.2 Å². The lowest BCUT2D eigenvalue weighted by molar-refractivity contribution is -0.136. The van der Waals surface area contributed by atoms with Gasteiger partial charge in [0.1, 0.15) is 16.7 Å². The Bertz CT molecular complexity index is 329. The van der Waals surface area contributed by atoms with Crippen LogP contribution in [0.3, 0.4) is 0 Å². The van der Waals surface area contributed by atoms with Crippen LogP contribution >= 0.6 is 15.9 Å². The predicted molar refractivity (Wildman–Crippen MR) is 53.5 cm³/mol. The Hall–Kier alpha value is -0.850. The monoisotopic (exact) mass is 283 g/mol. The van der Waals surface area contributed by atoms with Crippen LogP contribution in [-0.4, -0.2) is 22.2 Å². The number of nitrogens with one attached hydrogen (secondary N) is 1. The van der Waals surface area contributed by atoms with Crippen LogP contribution in [-0.2, 0) is 0 Å². The lowest BCUT2D eigenvalue weighted by Crippen LogP contribution is -2.24. The summed E-state index contributed by atoms with van der Waals surface area (Å²) in [6.45, 7) is 1.45. The molecule has 7 heteroatoms. The normalized spacial score (nSPS) is 13.7.